The van der Waals surface area contributed by atoms with Gasteiger partial charge in [-0.2, -0.15) is 0 Å². The molecule has 1 saturated carbocycles. The molecule has 0 bridgehead atoms. The molecule has 112 valence electrons. The van der Waals surface area contributed by atoms with E-state index in [9.17, 15) is 8.42 Å². The fourth-order valence-corrected chi connectivity index (χ4v) is 4.21. The maximum Gasteiger partial charge on any atom is 0.147 e. The minimum Gasteiger partial charge on any atom is -0.314 e. The third-order valence-corrected chi connectivity index (χ3v) is 5.58. The van der Waals surface area contributed by atoms with Crippen LogP contribution >= 0.6 is 0 Å². The lowest BCUT2D eigenvalue weighted by atomic mass is 9.82. The third kappa shape index (κ3) is 5.04. The molecule has 0 amide bonds. The second-order valence-electron chi connectivity index (χ2n) is 6.19. The van der Waals surface area contributed by atoms with Crippen molar-refractivity contribution < 1.29 is 8.42 Å². The van der Waals surface area contributed by atoms with Gasteiger partial charge in [-0.15, -0.1) is 0 Å². The van der Waals surface area contributed by atoms with Crippen LogP contribution in [0.25, 0.3) is 0 Å². The van der Waals surface area contributed by atoms with Crippen LogP contribution in [0.15, 0.2) is 0 Å². The van der Waals surface area contributed by atoms with Gasteiger partial charge in [-0.3, -0.25) is 4.90 Å². The summed E-state index contributed by atoms with van der Waals surface area (Å²) in [5, 5.41) is 3.51. The highest BCUT2D eigenvalue weighted by Crippen LogP contribution is 2.29. The standard InChI is InChI=1S/C14H28N2O2S/c1-19(17,18)11-5-9-16-10-8-15-12-14(16)13-6-3-2-4-7-13/h13-15H,2-12H2,1H3. The number of hydrogen-bond donors (Lipinski definition) is 1. The van der Waals surface area contributed by atoms with Crippen molar-refractivity contribution in [3.05, 3.63) is 0 Å². The first kappa shape index (κ1) is 15.3. The highest BCUT2D eigenvalue weighted by molar-refractivity contribution is 7.90. The molecule has 0 aromatic rings. The molecule has 0 aromatic heterocycles. The fourth-order valence-electron chi connectivity index (χ4n) is 3.56. The van der Waals surface area contributed by atoms with Crippen molar-refractivity contribution in [2.45, 2.75) is 44.6 Å². The largest absolute Gasteiger partial charge is 0.314 e. The SMILES string of the molecule is CS(=O)(=O)CCCN1CCNCC1C1CCCCC1. The van der Waals surface area contributed by atoms with E-state index >= 15 is 0 Å². The quantitative estimate of drug-likeness (QED) is 0.828. The zero-order valence-corrected chi connectivity index (χ0v) is 12.9. The smallest absolute Gasteiger partial charge is 0.147 e. The number of hydrogen-bond acceptors (Lipinski definition) is 4. The van der Waals surface area contributed by atoms with Crippen molar-refractivity contribution in [1.29, 1.82) is 0 Å². The summed E-state index contributed by atoms with van der Waals surface area (Å²) in [4.78, 5) is 2.54. The summed E-state index contributed by atoms with van der Waals surface area (Å²) in [6, 6.07) is 0.633. The Labute approximate surface area is 117 Å². The third-order valence-electron chi connectivity index (χ3n) is 4.55. The van der Waals surface area contributed by atoms with Crippen molar-refractivity contribution in [2.75, 3.05) is 38.2 Å². The summed E-state index contributed by atoms with van der Waals surface area (Å²) in [7, 11) is -2.81. The minimum atomic E-state index is -2.81. The lowest BCUT2D eigenvalue weighted by Gasteiger charge is -2.42. The molecule has 0 aromatic carbocycles. The van der Waals surface area contributed by atoms with Crippen LogP contribution < -0.4 is 5.32 Å². The Morgan fingerprint density at radius 1 is 1.21 bits per heavy atom. The number of piperazine rings is 1. The van der Waals surface area contributed by atoms with E-state index in [2.05, 4.69) is 10.2 Å². The predicted octanol–water partition coefficient (Wildman–Crippen LogP) is 1.28. The van der Waals surface area contributed by atoms with Crippen LogP contribution in [0.3, 0.4) is 0 Å². The van der Waals surface area contributed by atoms with Gasteiger partial charge in [-0.1, -0.05) is 19.3 Å². The number of nitrogens with zero attached hydrogens (tertiary/aromatic N) is 1. The molecule has 1 saturated heterocycles. The van der Waals surface area contributed by atoms with Gasteiger partial charge in [0.1, 0.15) is 9.84 Å². The Bertz CT molecular complexity index is 364. The average molecular weight is 288 g/mol. The van der Waals surface area contributed by atoms with Crippen molar-refractivity contribution in [3.63, 3.8) is 0 Å². The molecule has 2 rings (SSSR count). The summed E-state index contributed by atoms with van der Waals surface area (Å²) in [5.41, 5.74) is 0. The number of rotatable bonds is 5. The molecule has 1 atom stereocenters. The van der Waals surface area contributed by atoms with Crippen LogP contribution in [0.5, 0.6) is 0 Å². The molecule has 1 aliphatic carbocycles. The first-order valence-electron chi connectivity index (χ1n) is 7.69. The maximum atomic E-state index is 11.2. The Hall–Kier alpha value is -0.130. The summed E-state index contributed by atoms with van der Waals surface area (Å²) >= 11 is 0. The van der Waals surface area contributed by atoms with E-state index in [0.29, 0.717) is 11.8 Å². The topological polar surface area (TPSA) is 49.4 Å². The van der Waals surface area contributed by atoms with E-state index in [1.54, 1.807) is 0 Å². The van der Waals surface area contributed by atoms with Crippen molar-refractivity contribution in [1.82, 2.24) is 10.2 Å². The first-order valence-corrected chi connectivity index (χ1v) is 9.75. The summed E-state index contributed by atoms with van der Waals surface area (Å²) in [6.45, 7) is 4.15. The monoisotopic (exact) mass is 288 g/mol. The second-order valence-corrected chi connectivity index (χ2v) is 8.45. The molecule has 1 aliphatic heterocycles. The highest BCUT2D eigenvalue weighted by atomic mass is 32.2. The van der Waals surface area contributed by atoms with Gasteiger partial charge in [0.15, 0.2) is 0 Å². The maximum absolute atomic E-state index is 11.2. The van der Waals surface area contributed by atoms with Crippen molar-refractivity contribution in [2.24, 2.45) is 5.92 Å². The predicted molar refractivity (Wildman–Crippen MR) is 79.1 cm³/mol. The van der Waals surface area contributed by atoms with E-state index in [1.807, 2.05) is 0 Å². The summed E-state index contributed by atoms with van der Waals surface area (Å²) in [6.07, 6.45) is 8.97. The summed E-state index contributed by atoms with van der Waals surface area (Å²) < 4.78 is 22.5. The average Bonchev–Trinajstić information content (AvgIpc) is 2.39. The molecule has 2 aliphatic rings. The Balaban J connectivity index is 1.84. The van der Waals surface area contributed by atoms with Gasteiger partial charge in [-0.25, -0.2) is 8.42 Å². The molecule has 5 heteroatoms. The Morgan fingerprint density at radius 2 is 1.95 bits per heavy atom. The van der Waals surface area contributed by atoms with Crippen LogP contribution in [0.1, 0.15) is 38.5 Å². The number of nitrogens with one attached hydrogen (secondary N) is 1. The van der Waals surface area contributed by atoms with Crippen LogP contribution in [-0.4, -0.2) is 57.5 Å². The first-order chi connectivity index (χ1) is 9.06. The van der Waals surface area contributed by atoms with Gasteiger partial charge in [0, 0.05) is 31.9 Å². The van der Waals surface area contributed by atoms with Gasteiger partial charge in [0.05, 0.1) is 5.75 Å². The van der Waals surface area contributed by atoms with Gasteiger partial charge >= 0.3 is 0 Å². The number of sulfone groups is 1. The molecule has 2 fully saturated rings. The van der Waals surface area contributed by atoms with E-state index in [-0.39, 0.29) is 0 Å². The van der Waals surface area contributed by atoms with Crippen LogP contribution in [-0.2, 0) is 9.84 Å². The van der Waals surface area contributed by atoms with E-state index in [4.69, 9.17) is 0 Å². The van der Waals surface area contributed by atoms with Gasteiger partial charge in [0.25, 0.3) is 0 Å². The fraction of sp³-hybridized carbons (Fsp3) is 1.00. The molecule has 4 nitrogen and oxygen atoms in total. The molecule has 19 heavy (non-hydrogen) atoms. The van der Waals surface area contributed by atoms with Crippen LogP contribution in [0.2, 0.25) is 0 Å². The molecule has 1 N–H and O–H groups in total. The molecule has 0 radical (unpaired) electrons. The van der Waals surface area contributed by atoms with Crippen LogP contribution in [0, 0.1) is 5.92 Å². The zero-order valence-electron chi connectivity index (χ0n) is 12.1. The molecule has 1 heterocycles. The van der Waals surface area contributed by atoms with Gasteiger partial charge in [-0.05, 0) is 31.7 Å². The lowest BCUT2D eigenvalue weighted by molar-refractivity contribution is 0.0929. The Morgan fingerprint density at radius 3 is 2.63 bits per heavy atom. The minimum absolute atomic E-state index is 0.328. The molecular formula is C14H28N2O2S. The molecule has 0 spiro atoms. The van der Waals surface area contributed by atoms with Gasteiger partial charge in [0.2, 0.25) is 0 Å². The molecular weight excluding hydrogens is 260 g/mol. The van der Waals surface area contributed by atoms with Gasteiger partial charge < -0.3 is 5.32 Å². The normalized spacial score (nSPS) is 27.5. The van der Waals surface area contributed by atoms with E-state index < -0.39 is 9.84 Å². The van der Waals surface area contributed by atoms with E-state index in [1.165, 1.54) is 38.4 Å². The Kier molecular flexibility index (Phi) is 5.66. The molecule has 1 unspecified atom stereocenters. The van der Waals surface area contributed by atoms with E-state index in [0.717, 1.165) is 38.5 Å². The zero-order chi connectivity index (χ0) is 13.7. The lowest BCUT2D eigenvalue weighted by Crippen LogP contribution is -2.55. The second kappa shape index (κ2) is 7.04. The van der Waals surface area contributed by atoms with Crippen molar-refractivity contribution >= 4 is 9.84 Å². The summed E-state index contributed by atoms with van der Waals surface area (Å²) in [5.74, 6) is 1.15. The van der Waals surface area contributed by atoms with Crippen LogP contribution in [0.4, 0.5) is 0 Å². The van der Waals surface area contributed by atoms with Crippen molar-refractivity contribution in [3.8, 4) is 0 Å². The highest BCUT2D eigenvalue weighted by Gasteiger charge is 2.30.